The molecule has 1 heterocycles. The Morgan fingerprint density at radius 2 is 1.68 bits per heavy atom. The molecule has 1 atom stereocenters. The minimum absolute atomic E-state index is 0.616. The number of benzene rings is 1. The molecule has 1 unspecified atom stereocenters. The Labute approximate surface area is 124 Å². The Morgan fingerprint density at radius 3 is 2.21 bits per heavy atom. The number of rotatable bonds is 2. The summed E-state index contributed by atoms with van der Waals surface area (Å²) in [7, 11) is 0. The number of thiol groups is 1. The van der Waals surface area contributed by atoms with Crippen molar-refractivity contribution in [1.82, 2.24) is 4.90 Å². The third kappa shape index (κ3) is 7.00. The summed E-state index contributed by atoms with van der Waals surface area (Å²) in [6, 6.07) is 8.50. The van der Waals surface area contributed by atoms with Crippen molar-refractivity contribution in [2.75, 3.05) is 13.1 Å². The van der Waals surface area contributed by atoms with Crippen LogP contribution in [0, 0.1) is 0 Å². The van der Waals surface area contributed by atoms with Crippen LogP contribution in [0.2, 0.25) is 0 Å². The topological polar surface area (TPSA) is 23.5 Å². The van der Waals surface area contributed by atoms with E-state index in [0.717, 1.165) is 19.5 Å². The molecule has 1 aromatic carbocycles. The average Bonchev–Trinajstić information content (AvgIpc) is 2.41. The smallest absolute Gasteiger partial charge is 0.117 e. The van der Waals surface area contributed by atoms with Gasteiger partial charge in [0, 0.05) is 19.6 Å². The second kappa shape index (κ2) is 9.40. The van der Waals surface area contributed by atoms with Gasteiger partial charge in [0.05, 0.1) is 0 Å². The molecular formula is C16H29NOS. The summed E-state index contributed by atoms with van der Waals surface area (Å²) in [6.45, 7) is 12.3. The number of β-amino-alcohol motifs (C(OH)–C–C–N with tert-alkyl or cyclic N) is 1. The van der Waals surface area contributed by atoms with Crippen LogP contribution in [0.1, 0.15) is 45.7 Å². The molecule has 0 fully saturated rings. The molecule has 1 aromatic rings. The molecular weight excluding hydrogens is 254 g/mol. The quantitative estimate of drug-likeness (QED) is 0.638. The van der Waals surface area contributed by atoms with Crippen molar-refractivity contribution >= 4 is 12.6 Å². The van der Waals surface area contributed by atoms with Crippen LogP contribution in [0.15, 0.2) is 24.3 Å². The lowest BCUT2D eigenvalue weighted by atomic mass is 10.00. The minimum Gasteiger partial charge on any atom is -0.379 e. The highest BCUT2D eigenvalue weighted by molar-refractivity contribution is 7.81. The van der Waals surface area contributed by atoms with Gasteiger partial charge in [0.25, 0.3) is 0 Å². The van der Waals surface area contributed by atoms with Crippen molar-refractivity contribution in [3.05, 3.63) is 35.4 Å². The van der Waals surface area contributed by atoms with Gasteiger partial charge >= 0.3 is 0 Å². The first kappa shape index (κ1) is 18.5. The third-order valence-corrected chi connectivity index (χ3v) is 2.87. The normalized spacial score (nSPS) is 17.0. The van der Waals surface area contributed by atoms with E-state index in [1.165, 1.54) is 11.1 Å². The molecule has 0 aliphatic carbocycles. The molecule has 2 rings (SSSR count). The monoisotopic (exact) mass is 283 g/mol. The van der Waals surface area contributed by atoms with Crippen LogP contribution >= 0.6 is 12.6 Å². The van der Waals surface area contributed by atoms with Gasteiger partial charge < -0.3 is 5.11 Å². The molecule has 0 amide bonds. The van der Waals surface area contributed by atoms with Crippen LogP contribution < -0.4 is 0 Å². The van der Waals surface area contributed by atoms with E-state index in [1.807, 2.05) is 27.7 Å². The van der Waals surface area contributed by atoms with Gasteiger partial charge in [-0.25, -0.2) is 0 Å². The van der Waals surface area contributed by atoms with Crippen molar-refractivity contribution in [2.45, 2.75) is 52.5 Å². The van der Waals surface area contributed by atoms with Gasteiger partial charge in [0.1, 0.15) is 4.93 Å². The maximum absolute atomic E-state index is 9.64. The third-order valence-electron chi connectivity index (χ3n) is 2.73. The molecule has 1 aliphatic rings. The van der Waals surface area contributed by atoms with E-state index in [0.29, 0.717) is 6.54 Å². The van der Waals surface area contributed by atoms with Gasteiger partial charge in [-0.1, -0.05) is 52.0 Å². The molecule has 0 bridgehead atoms. The van der Waals surface area contributed by atoms with Gasteiger partial charge in [-0.3, -0.25) is 4.90 Å². The summed E-state index contributed by atoms with van der Waals surface area (Å²) in [5.74, 6) is 0. The zero-order valence-electron chi connectivity index (χ0n) is 13.0. The number of hydrogen-bond donors (Lipinski definition) is 2. The van der Waals surface area contributed by atoms with Crippen LogP contribution in [-0.4, -0.2) is 28.0 Å². The number of fused-ring (bicyclic) bond motifs is 1. The van der Waals surface area contributed by atoms with E-state index in [4.69, 9.17) is 0 Å². The zero-order chi connectivity index (χ0) is 14.9. The maximum atomic E-state index is 9.64. The van der Waals surface area contributed by atoms with E-state index in [-0.39, 0.29) is 0 Å². The van der Waals surface area contributed by atoms with Gasteiger partial charge in [0.15, 0.2) is 0 Å². The molecule has 0 radical (unpaired) electrons. The fourth-order valence-corrected chi connectivity index (χ4v) is 2.31. The highest BCUT2D eigenvalue weighted by atomic mass is 32.1. The molecule has 19 heavy (non-hydrogen) atoms. The van der Waals surface area contributed by atoms with Crippen LogP contribution in [0.5, 0.6) is 0 Å². The van der Waals surface area contributed by atoms with Gasteiger partial charge in [-0.05, 0) is 24.5 Å². The Morgan fingerprint density at radius 1 is 1.16 bits per heavy atom. The number of nitrogens with zero attached hydrogens (tertiary/aromatic N) is 1. The Bertz CT molecular complexity index is 347. The van der Waals surface area contributed by atoms with Crippen molar-refractivity contribution in [3.63, 3.8) is 0 Å². The van der Waals surface area contributed by atoms with Gasteiger partial charge in [-0.2, -0.15) is 0 Å². The first-order valence-electron chi connectivity index (χ1n) is 7.28. The van der Waals surface area contributed by atoms with Gasteiger partial charge in [0.2, 0.25) is 0 Å². The van der Waals surface area contributed by atoms with Crippen molar-refractivity contribution < 1.29 is 5.11 Å². The van der Waals surface area contributed by atoms with Crippen molar-refractivity contribution in [3.8, 4) is 0 Å². The van der Waals surface area contributed by atoms with E-state index in [9.17, 15) is 5.11 Å². The van der Waals surface area contributed by atoms with E-state index >= 15 is 0 Å². The van der Waals surface area contributed by atoms with Crippen molar-refractivity contribution in [2.24, 2.45) is 0 Å². The number of hydrogen-bond acceptors (Lipinski definition) is 3. The SMILES string of the molecule is CC.CC.CC(O)(S)CN1CCc2ccccc2C1. The largest absolute Gasteiger partial charge is 0.379 e. The maximum Gasteiger partial charge on any atom is 0.117 e. The van der Waals surface area contributed by atoms with E-state index in [1.54, 1.807) is 6.92 Å². The highest BCUT2D eigenvalue weighted by Gasteiger charge is 2.22. The summed E-state index contributed by atoms with van der Waals surface area (Å²) in [4.78, 5) is 1.35. The van der Waals surface area contributed by atoms with E-state index < -0.39 is 4.93 Å². The predicted octanol–water partition coefficient (Wildman–Crippen LogP) is 3.74. The van der Waals surface area contributed by atoms with E-state index in [2.05, 4.69) is 41.8 Å². The first-order valence-corrected chi connectivity index (χ1v) is 7.73. The van der Waals surface area contributed by atoms with Crippen LogP contribution in [0.3, 0.4) is 0 Å². The molecule has 1 N–H and O–H groups in total. The molecule has 0 spiro atoms. The Hall–Kier alpha value is -0.510. The van der Waals surface area contributed by atoms with Crippen LogP contribution in [-0.2, 0) is 13.0 Å². The molecule has 0 saturated carbocycles. The second-order valence-corrected chi connectivity index (χ2v) is 5.41. The molecule has 0 aromatic heterocycles. The van der Waals surface area contributed by atoms with Crippen LogP contribution in [0.25, 0.3) is 0 Å². The summed E-state index contributed by atoms with van der Waals surface area (Å²) in [5.41, 5.74) is 2.81. The lowest BCUT2D eigenvalue weighted by molar-refractivity contribution is 0.0934. The standard InChI is InChI=1S/C12H17NOS.2C2H6/c1-12(14,15)9-13-7-6-10-4-2-3-5-11(10)8-13;2*1-2/h2-5,14-15H,6-9H2,1H3;2*1-2H3. The molecule has 0 saturated heterocycles. The Kier molecular flexibility index (Phi) is 9.15. The number of aliphatic hydroxyl groups is 1. The van der Waals surface area contributed by atoms with Gasteiger partial charge in [-0.15, -0.1) is 12.6 Å². The summed E-state index contributed by atoms with van der Waals surface area (Å²) in [5, 5.41) is 9.64. The summed E-state index contributed by atoms with van der Waals surface area (Å²) < 4.78 is 0. The summed E-state index contributed by atoms with van der Waals surface area (Å²) in [6.07, 6.45) is 1.07. The fraction of sp³-hybridized carbons (Fsp3) is 0.625. The summed E-state index contributed by atoms with van der Waals surface area (Å²) >= 11 is 4.15. The lowest BCUT2D eigenvalue weighted by Gasteiger charge is -2.32. The predicted molar refractivity (Wildman–Crippen MR) is 87.7 cm³/mol. The molecule has 110 valence electrons. The Balaban J connectivity index is 0.000000741. The van der Waals surface area contributed by atoms with Crippen LogP contribution in [0.4, 0.5) is 0 Å². The average molecular weight is 283 g/mol. The molecule has 3 heteroatoms. The van der Waals surface area contributed by atoms with Crippen molar-refractivity contribution in [1.29, 1.82) is 0 Å². The first-order chi connectivity index (χ1) is 9.04. The molecule has 2 nitrogen and oxygen atoms in total. The lowest BCUT2D eigenvalue weighted by Crippen LogP contribution is -2.40. The highest BCUT2D eigenvalue weighted by Crippen LogP contribution is 2.21. The fourth-order valence-electron chi connectivity index (χ4n) is 2.11. The molecule has 1 aliphatic heterocycles. The zero-order valence-corrected chi connectivity index (χ0v) is 13.9. The minimum atomic E-state index is -0.897. The second-order valence-electron chi connectivity index (χ2n) is 4.45.